The van der Waals surface area contributed by atoms with E-state index in [-0.39, 0.29) is 0 Å². The highest BCUT2D eigenvalue weighted by Crippen LogP contribution is 2.36. The lowest BCUT2D eigenvalue weighted by Crippen LogP contribution is -2.15. The summed E-state index contributed by atoms with van der Waals surface area (Å²) < 4.78 is 43.2. The highest BCUT2D eigenvalue weighted by atomic mass is 19.4. The topological polar surface area (TPSA) is 26.3 Å². The van der Waals surface area contributed by atoms with Crippen molar-refractivity contribution >= 4 is 5.97 Å². The summed E-state index contributed by atoms with van der Waals surface area (Å²) in [5.74, 6) is -1.31. The van der Waals surface area contributed by atoms with Gasteiger partial charge in [-0.2, -0.15) is 13.2 Å². The van der Waals surface area contributed by atoms with Gasteiger partial charge in [-0.15, -0.1) is 0 Å². The fourth-order valence-electron chi connectivity index (χ4n) is 2.31. The van der Waals surface area contributed by atoms with Crippen molar-refractivity contribution in [1.29, 1.82) is 0 Å². The molecule has 0 aromatic heterocycles. The molecule has 5 heteroatoms. The predicted molar refractivity (Wildman–Crippen MR) is 76.7 cm³/mol. The zero-order valence-corrected chi connectivity index (χ0v) is 11.9. The average Bonchev–Trinajstić information content (AvgIpc) is 2.52. The van der Waals surface area contributed by atoms with Crippen LogP contribution in [0.3, 0.4) is 0 Å². The Balaban J connectivity index is 2.35. The van der Waals surface area contributed by atoms with Crippen molar-refractivity contribution < 1.29 is 22.7 Å². The number of carbonyl (C=O) groups is 1. The highest BCUT2D eigenvalue weighted by Gasteiger charge is 2.33. The zero-order chi connectivity index (χ0) is 16.2. The van der Waals surface area contributed by atoms with E-state index in [0.717, 1.165) is 0 Å². The molecule has 0 fully saturated rings. The minimum atomic E-state index is -4.28. The molecule has 22 heavy (non-hydrogen) atoms. The van der Waals surface area contributed by atoms with Crippen molar-refractivity contribution in [3.63, 3.8) is 0 Å². The van der Waals surface area contributed by atoms with E-state index in [1.54, 1.807) is 30.3 Å². The lowest BCUT2D eigenvalue weighted by molar-refractivity contribution is -0.136. The highest BCUT2D eigenvalue weighted by molar-refractivity contribution is 5.89. The molecule has 1 atom stereocenters. The van der Waals surface area contributed by atoms with Gasteiger partial charge in [0.15, 0.2) is 0 Å². The molecule has 0 radical (unpaired) electrons. The lowest BCUT2D eigenvalue weighted by Gasteiger charge is -2.20. The van der Waals surface area contributed by atoms with Crippen LogP contribution >= 0.6 is 0 Å². The number of hydrogen-bond donors (Lipinski definition) is 0. The van der Waals surface area contributed by atoms with Crippen molar-refractivity contribution in [3.05, 3.63) is 71.3 Å². The third kappa shape index (κ3) is 4.10. The third-order valence-electron chi connectivity index (χ3n) is 3.37. The van der Waals surface area contributed by atoms with E-state index in [1.165, 1.54) is 31.4 Å². The van der Waals surface area contributed by atoms with Gasteiger partial charge in [-0.25, -0.2) is 4.79 Å². The number of rotatable bonds is 4. The predicted octanol–water partition coefficient (Wildman–Crippen LogP) is 4.56. The lowest BCUT2D eigenvalue weighted by atomic mass is 9.88. The van der Waals surface area contributed by atoms with E-state index in [9.17, 15) is 18.0 Å². The number of esters is 1. The standard InChI is InChI=1S/C17H15F3O2/c1-22-16(21)14-9-7-13(8-10-14)15(11-17(18,19)20)12-5-3-2-4-6-12/h2-10,15H,11H2,1H3/t15-/m0/s1. The maximum atomic E-state index is 12.9. The first kappa shape index (κ1) is 16.1. The molecule has 0 amide bonds. The van der Waals surface area contributed by atoms with Crippen LogP contribution in [-0.4, -0.2) is 19.3 Å². The molecule has 2 rings (SSSR count). The number of benzene rings is 2. The van der Waals surface area contributed by atoms with Gasteiger partial charge in [-0.05, 0) is 23.3 Å². The summed E-state index contributed by atoms with van der Waals surface area (Å²) in [5.41, 5.74) is 1.41. The Bertz CT molecular complexity index is 619. The van der Waals surface area contributed by atoms with Gasteiger partial charge in [-0.3, -0.25) is 0 Å². The normalized spacial score (nSPS) is 12.7. The summed E-state index contributed by atoms with van der Waals surface area (Å²) in [6.45, 7) is 0. The van der Waals surface area contributed by atoms with E-state index in [2.05, 4.69) is 4.74 Å². The van der Waals surface area contributed by atoms with Gasteiger partial charge in [0.2, 0.25) is 0 Å². The van der Waals surface area contributed by atoms with Gasteiger partial charge in [0.1, 0.15) is 0 Å². The maximum absolute atomic E-state index is 12.9. The van der Waals surface area contributed by atoms with E-state index < -0.39 is 24.5 Å². The number of alkyl halides is 3. The fraction of sp³-hybridized carbons (Fsp3) is 0.235. The molecule has 0 saturated carbocycles. The first-order valence-corrected chi connectivity index (χ1v) is 6.70. The van der Waals surface area contributed by atoms with E-state index in [1.807, 2.05) is 0 Å². The average molecular weight is 308 g/mol. The van der Waals surface area contributed by atoms with Crippen LogP contribution in [0, 0.1) is 0 Å². The smallest absolute Gasteiger partial charge is 0.390 e. The molecule has 2 aromatic carbocycles. The van der Waals surface area contributed by atoms with E-state index in [0.29, 0.717) is 16.7 Å². The van der Waals surface area contributed by atoms with Crippen LogP contribution in [0.15, 0.2) is 54.6 Å². The molecule has 0 aliphatic heterocycles. The van der Waals surface area contributed by atoms with Gasteiger partial charge in [0.25, 0.3) is 0 Å². The third-order valence-corrected chi connectivity index (χ3v) is 3.37. The van der Waals surface area contributed by atoms with Crippen LogP contribution in [0.5, 0.6) is 0 Å². The zero-order valence-electron chi connectivity index (χ0n) is 11.9. The SMILES string of the molecule is COC(=O)c1ccc([C@@H](CC(F)(F)F)c2ccccc2)cc1. The quantitative estimate of drug-likeness (QED) is 0.774. The number of ether oxygens (including phenoxy) is 1. The van der Waals surface area contributed by atoms with Gasteiger partial charge in [-0.1, -0.05) is 42.5 Å². The van der Waals surface area contributed by atoms with Crippen molar-refractivity contribution in [2.45, 2.75) is 18.5 Å². The fourth-order valence-corrected chi connectivity index (χ4v) is 2.31. The van der Waals surface area contributed by atoms with Crippen LogP contribution in [-0.2, 0) is 4.74 Å². The Morgan fingerprint density at radius 1 is 1.00 bits per heavy atom. The molecular weight excluding hydrogens is 293 g/mol. The molecule has 116 valence electrons. The largest absolute Gasteiger partial charge is 0.465 e. The van der Waals surface area contributed by atoms with E-state index in [4.69, 9.17) is 0 Å². The molecule has 0 spiro atoms. The number of hydrogen-bond acceptors (Lipinski definition) is 2. The Kier molecular flexibility index (Phi) is 4.85. The number of halogens is 3. The van der Waals surface area contributed by atoms with Crippen LogP contribution in [0.2, 0.25) is 0 Å². The molecule has 0 unspecified atom stereocenters. The monoisotopic (exact) mass is 308 g/mol. The molecule has 0 N–H and O–H groups in total. The van der Waals surface area contributed by atoms with Crippen molar-refractivity contribution in [3.8, 4) is 0 Å². The second kappa shape index (κ2) is 6.64. The molecule has 0 aliphatic carbocycles. The van der Waals surface area contributed by atoms with Crippen molar-refractivity contribution in [2.75, 3.05) is 7.11 Å². The summed E-state index contributed by atoms with van der Waals surface area (Å²) in [6, 6.07) is 14.6. The minimum Gasteiger partial charge on any atom is -0.465 e. The summed E-state index contributed by atoms with van der Waals surface area (Å²) in [4.78, 5) is 11.4. The molecule has 0 heterocycles. The molecular formula is C17H15F3O2. The second-order valence-corrected chi connectivity index (χ2v) is 4.90. The van der Waals surface area contributed by atoms with Crippen LogP contribution in [0.1, 0.15) is 33.8 Å². The Hall–Kier alpha value is -2.30. The number of methoxy groups -OCH3 is 1. The Morgan fingerprint density at radius 3 is 2.05 bits per heavy atom. The summed E-state index contributed by atoms with van der Waals surface area (Å²) >= 11 is 0. The first-order chi connectivity index (χ1) is 10.4. The van der Waals surface area contributed by atoms with Crippen molar-refractivity contribution in [2.24, 2.45) is 0 Å². The van der Waals surface area contributed by atoms with Gasteiger partial charge >= 0.3 is 12.1 Å². The van der Waals surface area contributed by atoms with Crippen molar-refractivity contribution in [1.82, 2.24) is 0 Å². The van der Waals surface area contributed by atoms with Crippen LogP contribution in [0.25, 0.3) is 0 Å². The summed E-state index contributed by atoms with van der Waals surface area (Å²) in [6.07, 6.45) is -5.23. The van der Waals surface area contributed by atoms with Crippen LogP contribution < -0.4 is 0 Å². The Labute approximate surface area is 126 Å². The van der Waals surface area contributed by atoms with Gasteiger partial charge in [0.05, 0.1) is 19.1 Å². The minimum absolute atomic E-state index is 0.310. The molecule has 2 aromatic rings. The molecule has 0 aliphatic rings. The summed E-state index contributed by atoms with van der Waals surface area (Å²) in [5, 5.41) is 0. The second-order valence-electron chi connectivity index (χ2n) is 4.90. The Morgan fingerprint density at radius 2 is 1.55 bits per heavy atom. The molecule has 0 saturated heterocycles. The number of carbonyl (C=O) groups excluding carboxylic acids is 1. The molecule has 0 bridgehead atoms. The molecule has 2 nitrogen and oxygen atoms in total. The summed E-state index contributed by atoms with van der Waals surface area (Å²) in [7, 11) is 1.26. The maximum Gasteiger partial charge on any atom is 0.390 e. The first-order valence-electron chi connectivity index (χ1n) is 6.70. The van der Waals surface area contributed by atoms with Crippen LogP contribution in [0.4, 0.5) is 13.2 Å². The van der Waals surface area contributed by atoms with Gasteiger partial charge < -0.3 is 4.74 Å². The van der Waals surface area contributed by atoms with Gasteiger partial charge in [0, 0.05) is 5.92 Å². The van der Waals surface area contributed by atoms with E-state index >= 15 is 0 Å².